The average Bonchev–Trinajstić information content (AvgIpc) is 4.06. The molecule has 6 aromatic rings. The Morgan fingerprint density at radius 2 is 1.56 bits per heavy atom. The molecule has 4 N–H and O–H groups in total. The lowest BCUT2D eigenvalue weighted by atomic mass is 10.1. The van der Waals surface area contributed by atoms with E-state index in [9.17, 15) is 14.4 Å². The van der Waals surface area contributed by atoms with Crippen molar-refractivity contribution >= 4 is 74.8 Å². The Morgan fingerprint density at radius 1 is 0.836 bits per heavy atom. The zero-order valence-electron chi connectivity index (χ0n) is 43.8. The predicted molar refractivity (Wildman–Crippen MR) is 292 cm³/mol. The standard InChI is InChI=1S/C52H64N14O5.C2H6/c1-61(2)26-27-63(4)43-30-46(71-8)41(59-51-54-22-21-38(57-51)37-32-64(5)42-17-12-11-16-36(37)42)29-40(43)56-47(67)18-13-24-62(3)25-23-53-50(69)34-19-20-39(45(28-34)70-7)58-52-55-31-44-49(60-52)66(33-48(68)65(44)6)35-14-9-10-15-35;1-2/h11-13,16-22,28-32,35H,9-10,14-15,23-27,33H2,1-8H3,(H,53,69)(H,56,67)(H,54,57,59)(H,55,58,60);1-2H3/b18-13+;. The number of aryl methyl sites for hydroxylation is 1. The lowest BCUT2D eigenvalue weighted by Gasteiger charge is -2.37. The highest BCUT2D eigenvalue weighted by atomic mass is 16.5. The first-order valence-electron chi connectivity index (χ1n) is 24.8. The average molecular weight is 995 g/mol. The highest BCUT2D eigenvalue weighted by Gasteiger charge is 2.34. The van der Waals surface area contributed by atoms with Crippen LogP contribution < -0.4 is 45.4 Å². The van der Waals surface area contributed by atoms with Crippen LogP contribution in [0.25, 0.3) is 22.2 Å². The van der Waals surface area contributed by atoms with E-state index in [1.165, 1.54) is 6.08 Å². The first-order valence-corrected chi connectivity index (χ1v) is 24.8. The van der Waals surface area contributed by atoms with Crippen LogP contribution in [0.1, 0.15) is 49.9 Å². The molecule has 0 radical (unpaired) electrons. The second kappa shape index (κ2) is 24.6. The minimum Gasteiger partial charge on any atom is -0.495 e. The number of rotatable bonds is 20. The molecule has 1 fully saturated rings. The lowest BCUT2D eigenvalue weighted by Crippen LogP contribution is -2.48. The van der Waals surface area contributed by atoms with Crippen LogP contribution in [0.15, 0.2) is 91.4 Å². The second-order valence-corrected chi connectivity index (χ2v) is 18.2. The summed E-state index contributed by atoms with van der Waals surface area (Å²) in [6.45, 7) is 7.13. The maximum absolute atomic E-state index is 13.5. The molecule has 1 aliphatic heterocycles. The summed E-state index contributed by atoms with van der Waals surface area (Å²) in [5.41, 5.74) is 6.50. The van der Waals surface area contributed by atoms with Crippen molar-refractivity contribution in [1.82, 2.24) is 39.6 Å². The monoisotopic (exact) mass is 995 g/mol. The van der Waals surface area contributed by atoms with Crippen molar-refractivity contribution in [2.24, 2.45) is 7.05 Å². The third-order valence-corrected chi connectivity index (χ3v) is 12.9. The summed E-state index contributed by atoms with van der Waals surface area (Å²) in [4.78, 5) is 68.3. The van der Waals surface area contributed by atoms with Gasteiger partial charge in [-0.15, -0.1) is 0 Å². The van der Waals surface area contributed by atoms with Crippen LogP contribution in [0, 0.1) is 0 Å². The number of carbonyl (C=O) groups excluding carboxylic acids is 3. The number of aromatic nitrogens is 5. The summed E-state index contributed by atoms with van der Waals surface area (Å²) in [5, 5.41) is 13.8. The molecule has 4 heterocycles. The topological polar surface area (TPSA) is 190 Å². The fraction of sp³-hybridized carbons (Fsp3) is 0.389. The summed E-state index contributed by atoms with van der Waals surface area (Å²) in [7, 11) is 14.8. The first kappa shape index (κ1) is 53.0. The molecule has 386 valence electrons. The molecule has 0 atom stereocenters. The molecule has 19 nitrogen and oxygen atoms in total. The van der Waals surface area contributed by atoms with E-state index in [-0.39, 0.29) is 30.3 Å². The maximum Gasteiger partial charge on any atom is 0.251 e. The van der Waals surface area contributed by atoms with Crippen LogP contribution in [-0.2, 0) is 16.6 Å². The molecule has 0 unspecified atom stereocenters. The Labute approximate surface area is 428 Å². The highest BCUT2D eigenvalue weighted by Crippen LogP contribution is 2.40. The van der Waals surface area contributed by atoms with Crippen molar-refractivity contribution in [3.8, 4) is 22.8 Å². The summed E-state index contributed by atoms with van der Waals surface area (Å²) in [6, 6.07) is 19.2. The molecular formula is C54H70N14O5. The van der Waals surface area contributed by atoms with E-state index in [1.807, 2.05) is 84.3 Å². The van der Waals surface area contributed by atoms with Gasteiger partial charge in [-0.3, -0.25) is 14.4 Å². The Hall–Kier alpha value is -7.77. The van der Waals surface area contributed by atoms with Crippen LogP contribution >= 0.6 is 0 Å². The molecule has 8 rings (SSSR count). The molecular weight excluding hydrogens is 925 g/mol. The van der Waals surface area contributed by atoms with Crippen molar-refractivity contribution < 1.29 is 23.9 Å². The Balaban J connectivity index is 0.00000385. The van der Waals surface area contributed by atoms with Gasteiger partial charge in [-0.2, -0.15) is 4.98 Å². The summed E-state index contributed by atoms with van der Waals surface area (Å²) in [6.07, 6.45) is 13.1. The van der Waals surface area contributed by atoms with E-state index in [2.05, 4.69) is 68.8 Å². The smallest absolute Gasteiger partial charge is 0.251 e. The molecule has 3 aromatic carbocycles. The van der Waals surface area contributed by atoms with Gasteiger partial charge in [0.1, 0.15) is 17.2 Å². The van der Waals surface area contributed by atoms with E-state index < -0.39 is 0 Å². The number of nitrogens with zero attached hydrogens (tertiary/aromatic N) is 10. The zero-order chi connectivity index (χ0) is 52.2. The second-order valence-electron chi connectivity index (χ2n) is 18.2. The molecule has 0 saturated heterocycles. The number of ether oxygens (including phenoxy) is 2. The van der Waals surface area contributed by atoms with Crippen molar-refractivity contribution in [3.63, 3.8) is 0 Å². The number of anilines is 8. The van der Waals surface area contributed by atoms with E-state index in [0.717, 1.165) is 65.9 Å². The third-order valence-electron chi connectivity index (χ3n) is 12.9. The Bertz CT molecular complexity index is 2920. The molecule has 2 aliphatic rings. The van der Waals surface area contributed by atoms with Crippen molar-refractivity contribution in [3.05, 3.63) is 97.0 Å². The number of carbonyl (C=O) groups is 3. The number of hydrogen-bond donors (Lipinski definition) is 4. The largest absolute Gasteiger partial charge is 0.495 e. The van der Waals surface area contributed by atoms with Crippen LogP contribution in [0.2, 0.25) is 0 Å². The molecule has 1 saturated carbocycles. The number of hydrogen-bond acceptors (Lipinski definition) is 15. The molecule has 3 amide bonds. The van der Waals surface area contributed by atoms with Gasteiger partial charge in [-0.1, -0.05) is 51.0 Å². The molecule has 0 spiro atoms. The highest BCUT2D eigenvalue weighted by molar-refractivity contribution is 6.03. The van der Waals surface area contributed by atoms with Crippen LogP contribution in [0.4, 0.5) is 46.2 Å². The van der Waals surface area contributed by atoms with Crippen LogP contribution in [-0.4, -0.2) is 147 Å². The van der Waals surface area contributed by atoms with Crippen molar-refractivity contribution in [2.45, 2.75) is 45.6 Å². The van der Waals surface area contributed by atoms with Crippen molar-refractivity contribution in [1.29, 1.82) is 0 Å². The third kappa shape index (κ3) is 12.8. The predicted octanol–water partition coefficient (Wildman–Crippen LogP) is 7.54. The number of methoxy groups -OCH3 is 2. The van der Waals surface area contributed by atoms with Gasteiger partial charge in [0.05, 0.1) is 55.4 Å². The summed E-state index contributed by atoms with van der Waals surface area (Å²) >= 11 is 0. The van der Waals surface area contributed by atoms with Gasteiger partial charge < -0.3 is 59.8 Å². The number of amides is 3. The van der Waals surface area contributed by atoms with Gasteiger partial charge in [0.25, 0.3) is 5.91 Å². The lowest BCUT2D eigenvalue weighted by molar-refractivity contribution is -0.117. The number of para-hydroxylation sites is 1. The molecule has 0 bridgehead atoms. The minimum atomic E-state index is -0.306. The quantitative estimate of drug-likeness (QED) is 0.0549. The maximum atomic E-state index is 13.5. The van der Waals surface area contributed by atoms with E-state index in [1.54, 1.807) is 62.8 Å². The van der Waals surface area contributed by atoms with Crippen LogP contribution in [0.5, 0.6) is 11.5 Å². The zero-order valence-corrected chi connectivity index (χ0v) is 43.8. The van der Waals surface area contributed by atoms with Gasteiger partial charge in [-0.05, 0) is 70.4 Å². The van der Waals surface area contributed by atoms with E-state index in [4.69, 9.17) is 19.4 Å². The summed E-state index contributed by atoms with van der Waals surface area (Å²) < 4.78 is 13.6. The van der Waals surface area contributed by atoms with Gasteiger partial charge >= 0.3 is 0 Å². The number of nitrogens with one attached hydrogen (secondary N) is 4. The van der Waals surface area contributed by atoms with Gasteiger partial charge in [0, 0.05) is 106 Å². The number of likely N-dealkylation sites (N-methyl/N-ethyl adjacent to an activating group) is 4. The Morgan fingerprint density at radius 3 is 2.32 bits per heavy atom. The van der Waals surface area contributed by atoms with Gasteiger partial charge in [-0.25, -0.2) is 15.0 Å². The van der Waals surface area contributed by atoms with E-state index >= 15 is 0 Å². The Kier molecular flexibility index (Phi) is 17.9. The van der Waals surface area contributed by atoms with Crippen molar-refractivity contribution in [2.75, 3.05) is 119 Å². The summed E-state index contributed by atoms with van der Waals surface area (Å²) in [5.74, 6) is 1.93. The normalized spacial score (nSPS) is 13.6. The van der Waals surface area contributed by atoms with E-state index in [0.29, 0.717) is 77.9 Å². The SMILES string of the molecule is CC.COc1cc(N(C)CCN(C)C)c(NC(=O)/C=C/CN(C)CCNC(=O)c2ccc(Nc3ncc4c(n3)N(C3CCCC3)CC(=O)N4C)c(OC)c2)cc1Nc1nccc(-c2cn(C)c3ccccc23)n1. The fourth-order valence-corrected chi connectivity index (χ4v) is 8.93. The number of benzene rings is 3. The minimum absolute atomic E-state index is 0.0175. The number of fused-ring (bicyclic) bond motifs is 2. The fourth-order valence-electron chi connectivity index (χ4n) is 8.93. The molecule has 19 heteroatoms. The molecule has 73 heavy (non-hydrogen) atoms. The first-order chi connectivity index (χ1) is 35.3. The van der Waals surface area contributed by atoms with Gasteiger partial charge in [0.15, 0.2) is 5.82 Å². The van der Waals surface area contributed by atoms with Gasteiger partial charge in [0.2, 0.25) is 23.7 Å². The molecule has 3 aromatic heterocycles. The molecule has 1 aliphatic carbocycles. The van der Waals surface area contributed by atoms with Crippen LogP contribution in [0.3, 0.4) is 0 Å².